The zero-order chi connectivity index (χ0) is 17.7. The van der Waals surface area contributed by atoms with E-state index in [0.29, 0.717) is 31.9 Å². The highest BCUT2D eigenvalue weighted by atomic mass is 19.3. The third kappa shape index (κ3) is 5.15. The normalized spacial score (nSPS) is 15.8. The van der Waals surface area contributed by atoms with E-state index in [0.717, 1.165) is 6.07 Å². The lowest BCUT2D eigenvalue weighted by molar-refractivity contribution is -0.119. The highest BCUT2D eigenvalue weighted by Crippen LogP contribution is 2.34. The van der Waals surface area contributed by atoms with Crippen LogP contribution >= 0.6 is 0 Å². The predicted molar refractivity (Wildman–Crippen MR) is 77.6 cm³/mol. The standard InChI is InChI=1S/C14H17F4N3O3/c15-13(16)23-10-2-1-9(7-11(10)24-14(17)18)21-5-3-20(4-6-21)8-12(19)22/h1-2,7,13-14H,3-6,8H2,(H2,19,22). The molecule has 0 aromatic heterocycles. The average molecular weight is 351 g/mol. The highest BCUT2D eigenvalue weighted by Gasteiger charge is 2.21. The van der Waals surface area contributed by atoms with Gasteiger partial charge in [0.05, 0.1) is 6.54 Å². The highest BCUT2D eigenvalue weighted by molar-refractivity contribution is 5.76. The Labute approximate surface area is 135 Å². The van der Waals surface area contributed by atoms with Crippen LogP contribution in [0.2, 0.25) is 0 Å². The SMILES string of the molecule is NC(=O)CN1CCN(c2ccc(OC(F)F)c(OC(F)F)c2)CC1. The number of benzene rings is 1. The Morgan fingerprint density at radius 3 is 2.17 bits per heavy atom. The molecule has 2 N–H and O–H groups in total. The van der Waals surface area contributed by atoms with Gasteiger partial charge in [0.15, 0.2) is 11.5 Å². The van der Waals surface area contributed by atoms with Gasteiger partial charge in [0.2, 0.25) is 5.91 Å². The van der Waals surface area contributed by atoms with E-state index in [9.17, 15) is 22.4 Å². The van der Waals surface area contributed by atoms with Crippen molar-refractivity contribution in [2.45, 2.75) is 13.2 Å². The molecule has 6 nitrogen and oxygen atoms in total. The molecule has 10 heteroatoms. The lowest BCUT2D eigenvalue weighted by Gasteiger charge is -2.35. The number of nitrogens with two attached hydrogens (primary N) is 1. The summed E-state index contributed by atoms with van der Waals surface area (Å²) in [6, 6.07) is 3.88. The number of nitrogens with zero attached hydrogens (tertiary/aromatic N) is 2. The number of hydrogen-bond acceptors (Lipinski definition) is 5. The van der Waals surface area contributed by atoms with E-state index in [-0.39, 0.29) is 6.54 Å². The number of piperazine rings is 1. The summed E-state index contributed by atoms with van der Waals surface area (Å²) >= 11 is 0. The molecule has 1 heterocycles. The Hall–Kier alpha value is -2.23. The van der Waals surface area contributed by atoms with Crippen LogP contribution in [0.25, 0.3) is 0 Å². The molecular formula is C14H17F4N3O3. The van der Waals surface area contributed by atoms with Crippen LogP contribution in [0.15, 0.2) is 18.2 Å². The number of anilines is 1. The van der Waals surface area contributed by atoms with Crippen molar-refractivity contribution in [1.29, 1.82) is 0 Å². The minimum atomic E-state index is -3.16. The van der Waals surface area contributed by atoms with Gasteiger partial charge in [-0.05, 0) is 12.1 Å². The third-order valence-electron chi connectivity index (χ3n) is 3.48. The van der Waals surface area contributed by atoms with Crippen LogP contribution < -0.4 is 20.1 Å². The van der Waals surface area contributed by atoms with Crippen LogP contribution in [-0.4, -0.2) is 56.8 Å². The van der Waals surface area contributed by atoms with Crippen molar-refractivity contribution in [3.05, 3.63) is 18.2 Å². The summed E-state index contributed by atoms with van der Waals surface area (Å²) in [5.74, 6) is -1.34. The number of amides is 1. The molecule has 0 radical (unpaired) electrons. The largest absolute Gasteiger partial charge is 0.431 e. The van der Waals surface area contributed by atoms with E-state index in [2.05, 4.69) is 9.47 Å². The minimum absolute atomic E-state index is 0.148. The summed E-state index contributed by atoms with van der Waals surface area (Å²) in [5, 5.41) is 0. The van der Waals surface area contributed by atoms with E-state index in [1.165, 1.54) is 12.1 Å². The van der Waals surface area contributed by atoms with Gasteiger partial charge in [-0.15, -0.1) is 0 Å². The van der Waals surface area contributed by atoms with E-state index >= 15 is 0 Å². The molecule has 24 heavy (non-hydrogen) atoms. The van der Waals surface area contributed by atoms with Gasteiger partial charge >= 0.3 is 13.2 Å². The number of halogens is 4. The molecule has 0 spiro atoms. The molecule has 0 atom stereocenters. The van der Waals surface area contributed by atoms with Gasteiger partial charge in [-0.3, -0.25) is 9.69 Å². The number of carbonyl (C=O) groups is 1. The molecule has 1 saturated heterocycles. The number of alkyl halides is 4. The number of ether oxygens (including phenoxy) is 2. The van der Waals surface area contributed by atoms with Crippen molar-refractivity contribution in [1.82, 2.24) is 4.90 Å². The van der Waals surface area contributed by atoms with Crippen molar-refractivity contribution >= 4 is 11.6 Å². The summed E-state index contributed by atoms with van der Waals surface area (Å²) in [6.07, 6.45) is 0. The first-order valence-corrected chi connectivity index (χ1v) is 7.14. The lowest BCUT2D eigenvalue weighted by atomic mass is 10.2. The van der Waals surface area contributed by atoms with Gasteiger partial charge in [-0.1, -0.05) is 0 Å². The maximum absolute atomic E-state index is 12.5. The van der Waals surface area contributed by atoms with Gasteiger partial charge in [0.1, 0.15) is 0 Å². The van der Waals surface area contributed by atoms with Crippen molar-refractivity contribution < 1.29 is 31.8 Å². The Bertz CT molecular complexity index is 566. The fourth-order valence-corrected chi connectivity index (χ4v) is 2.46. The van der Waals surface area contributed by atoms with Gasteiger partial charge in [0.25, 0.3) is 0 Å². The van der Waals surface area contributed by atoms with Gasteiger partial charge in [-0.2, -0.15) is 17.6 Å². The molecule has 1 aliphatic heterocycles. The molecule has 1 aromatic carbocycles. The molecular weight excluding hydrogens is 334 g/mol. The van der Waals surface area contributed by atoms with E-state index in [1.54, 1.807) is 0 Å². The monoisotopic (exact) mass is 351 g/mol. The van der Waals surface area contributed by atoms with Crippen LogP contribution in [0.1, 0.15) is 0 Å². The summed E-state index contributed by atoms with van der Waals surface area (Å²) in [7, 11) is 0. The van der Waals surface area contributed by atoms with Crippen LogP contribution in [0.4, 0.5) is 23.2 Å². The predicted octanol–water partition coefficient (Wildman–Crippen LogP) is 1.50. The van der Waals surface area contributed by atoms with Crippen LogP contribution in [0.5, 0.6) is 11.5 Å². The molecule has 2 rings (SSSR count). The van der Waals surface area contributed by atoms with E-state index < -0.39 is 30.6 Å². The number of hydrogen-bond donors (Lipinski definition) is 1. The topological polar surface area (TPSA) is 68.0 Å². The Morgan fingerprint density at radius 1 is 1.04 bits per heavy atom. The summed E-state index contributed by atoms with van der Waals surface area (Å²) in [5.41, 5.74) is 5.67. The van der Waals surface area contributed by atoms with Crippen LogP contribution in [0.3, 0.4) is 0 Å². The molecule has 0 unspecified atom stereocenters. The summed E-state index contributed by atoms with van der Waals surface area (Å²) in [6.45, 7) is -3.99. The Kier molecular flexibility index (Phi) is 6.07. The van der Waals surface area contributed by atoms with Gasteiger partial charge in [0, 0.05) is 37.9 Å². The maximum Gasteiger partial charge on any atom is 0.387 e. The van der Waals surface area contributed by atoms with E-state index in [1.807, 2.05) is 9.80 Å². The first kappa shape index (κ1) is 18.1. The average Bonchev–Trinajstić information content (AvgIpc) is 2.48. The molecule has 134 valence electrons. The second-order valence-electron chi connectivity index (χ2n) is 5.12. The van der Waals surface area contributed by atoms with Gasteiger partial charge < -0.3 is 20.1 Å². The second kappa shape index (κ2) is 8.04. The molecule has 0 aliphatic carbocycles. The smallest absolute Gasteiger partial charge is 0.387 e. The quantitative estimate of drug-likeness (QED) is 0.754. The number of primary amides is 1. The summed E-state index contributed by atoms with van der Waals surface area (Å²) in [4.78, 5) is 14.6. The zero-order valence-electron chi connectivity index (χ0n) is 12.6. The minimum Gasteiger partial charge on any atom is -0.431 e. The van der Waals surface area contributed by atoms with Crippen LogP contribution in [-0.2, 0) is 4.79 Å². The van der Waals surface area contributed by atoms with Crippen molar-refractivity contribution in [3.63, 3.8) is 0 Å². The fourth-order valence-electron chi connectivity index (χ4n) is 2.46. The molecule has 1 amide bonds. The first-order chi connectivity index (χ1) is 11.3. The first-order valence-electron chi connectivity index (χ1n) is 7.14. The summed E-state index contributed by atoms with van der Waals surface area (Å²) < 4.78 is 58.0. The molecule has 1 aliphatic rings. The maximum atomic E-state index is 12.5. The van der Waals surface area contributed by atoms with Gasteiger partial charge in [-0.25, -0.2) is 0 Å². The molecule has 0 bridgehead atoms. The molecule has 1 fully saturated rings. The van der Waals surface area contributed by atoms with E-state index in [4.69, 9.17) is 5.73 Å². The second-order valence-corrected chi connectivity index (χ2v) is 5.12. The van der Waals surface area contributed by atoms with Crippen LogP contribution in [0, 0.1) is 0 Å². The number of rotatable bonds is 7. The zero-order valence-corrected chi connectivity index (χ0v) is 12.6. The van der Waals surface area contributed by atoms with Crippen molar-refractivity contribution in [2.75, 3.05) is 37.6 Å². The number of carbonyl (C=O) groups excluding carboxylic acids is 1. The molecule has 0 saturated carbocycles. The fraction of sp³-hybridized carbons (Fsp3) is 0.500. The molecule has 1 aromatic rings. The lowest BCUT2D eigenvalue weighted by Crippen LogP contribution is -2.48. The third-order valence-corrected chi connectivity index (χ3v) is 3.48. The Morgan fingerprint density at radius 2 is 1.62 bits per heavy atom. The Balaban J connectivity index is 2.09. The van der Waals surface area contributed by atoms with Crippen molar-refractivity contribution in [2.24, 2.45) is 5.73 Å². The van der Waals surface area contributed by atoms with Crippen molar-refractivity contribution in [3.8, 4) is 11.5 Å².